The highest BCUT2D eigenvalue weighted by molar-refractivity contribution is 6.30. The molecule has 1 aliphatic rings. The maximum Gasteiger partial charge on any atom is 0.251 e. The van der Waals surface area contributed by atoms with Gasteiger partial charge in [-0.25, -0.2) is 9.67 Å². The Hall–Kier alpha value is -2.66. The van der Waals surface area contributed by atoms with Gasteiger partial charge in [-0.15, -0.1) is 0 Å². The van der Waals surface area contributed by atoms with Crippen LogP contribution in [-0.4, -0.2) is 20.7 Å². The lowest BCUT2D eigenvalue weighted by Gasteiger charge is -2.19. The van der Waals surface area contributed by atoms with Gasteiger partial charge in [0.2, 0.25) is 0 Å². The van der Waals surface area contributed by atoms with Crippen LogP contribution >= 0.6 is 11.6 Å². The number of carbonyl (C=O) groups is 1. The van der Waals surface area contributed by atoms with Gasteiger partial charge in [-0.3, -0.25) is 4.79 Å². The number of hydrogen-bond donors (Lipinski definition) is 1. The minimum absolute atomic E-state index is 0.0276. The molecule has 3 aromatic rings. The van der Waals surface area contributed by atoms with E-state index in [1.165, 1.54) is 6.33 Å². The van der Waals surface area contributed by atoms with Crippen LogP contribution in [0.3, 0.4) is 0 Å². The fourth-order valence-corrected chi connectivity index (χ4v) is 3.03. The number of amides is 1. The zero-order valence-electron chi connectivity index (χ0n) is 13.5. The molecule has 2 aromatic carbocycles. The van der Waals surface area contributed by atoms with Crippen LogP contribution in [0.25, 0.3) is 5.69 Å². The van der Waals surface area contributed by atoms with Gasteiger partial charge in [-0.2, -0.15) is 5.10 Å². The molecule has 1 aliphatic carbocycles. The smallest absolute Gasteiger partial charge is 0.251 e. The molecule has 0 spiro atoms. The molecule has 126 valence electrons. The van der Waals surface area contributed by atoms with E-state index in [4.69, 9.17) is 11.6 Å². The van der Waals surface area contributed by atoms with Crippen LogP contribution in [0.5, 0.6) is 0 Å². The molecule has 1 fully saturated rings. The molecular formula is C19H17ClN4O. The third-order valence-electron chi connectivity index (χ3n) is 4.42. The molecule has 1 unspecified atom stereocenters. The van der Waals surface area contributed by atoms with Gasteiger partial charge in [0.05, 0.1) is 11.7 Å². The van der Waals surface area contributed by atoms with Crippen molar-refractivity contribution in [2.24, 2.45) is 5.92 Å². The van der Waals surface area contributed by atoms with E-state index < -0.39 is 0 Å². The van der Waals surface area contributed by atoms with Crippen molar-refractivity contribution in [1.82, 2.24) is 20.1 Å². The number of aromatic nitrogens is 3. The molecule has 0 bridgehead atoms. The molecule has 1 amide bonds. The minimum atomic E-state index is -0.0722. The van der Waals surface area contributed by atoms with Gasteiger partial charge in [0.1, 0.15) is 12.7 Å². The first kappa shape index (κ1) is 15.8. The summed E-state index contributed by atoms with van der Waals surface area (Å²) in [5.41, 5.74) is 2.59. The molecule has 6 heteroatoms. The second kappa shape index (κ2) is 6.69. The molecule has 1 aromatic heterocycles. The first-order chi connectivity index (χ1) is 12.2. The molecule has 0 saturated heterocycles. The van der Waals surface area contributed by atoms with Crippen LogP contribution < -0.4 is 5.32 Å². The summed E-state index contributed by atoms with van der Waals surface area (Å²) < 4.78 is 1.66. The van der Waals surface area contributed by atoms with E-state index in [0.29, 0.717) is 16.5 Å². The number of rotatable bonds is 5. The van der Waals surface area contributed by atoms with Gasteiger partial charge < -0.3 is 5.32 Å². The summed E-state index contributed by atoms with van der Waals surface area (Å²) in [6.45, 7) is 0. The lowest BCUT2D eigenvalue weighted by Crippen LogP contribution is -2.29. The van der Waals surface area contributed by atoms with E-state index in [0.717, 1.165) is 24.1 Å². The van der Waals surface area contributed by atoms with Gasteiger partial charge >= 0.3 is 0 Å². The third-order valence-corrected chi connectivity index (χ3v) is 4.67. The van der Waals surface area contributed by atoms with Crippen LogP contribution in [-0.2, 0) is 0 Å². The highest BCUT2D eigenvalue weighted by Crippen LogP contribution is 2.41. The molecule has 1 heterocycles. The molecule has 0 aliphatic heterocycles. The van der Waals surface area contributed by atoms with Crippen LogP contribution in [0.4, 0.5) is 0 Å². The molecule has 1 N–H and O–H groups in total. The Morgan fingerprint density at radius 3 is 2.44 bits per heavy atom. The maximum absolute atomic E-state index is 12.7. The summed E-state index contributed by atoms with van der Waals surface area (Å²) in [6, 6.07) is 15.1. The monoisotopic (exact) mass is 352 g/mol. The van der Waals surface area contributed by atoms with Crippen molar-refractivity contribution in [2.45, 2.75) is 18.9 Å². The minimum Gasteiger partial charge on any atom is -0.345 e. The third kappa shape index (κ3) is 3.56. The molecule has 5 nitrogen and oxygen atoms in total. The SMILES string of the molecule is O=C(NC(c1ccc(Cl)cc1)C1CC1)c1ccc(-n2cncn2)cc1. The van der Waals surface area contributed by atoms with Gasteiger partial charge in [-0.1, -0.05) is 23.7 Å². The van der Waals surface area contributed by atoms with Crippen molar-refractivity contribution in [3.05, 3.63) is 77.3 Å². The Morgan fingerprint density at radius 1 is 1.12 bits per heavy atom. The van der Waals surface area contributed by atoms with Crippen molar-refractivity contribution in [2.75, 3.05) is 0 Å². The van der Waals surface area contributed by atoms with Crippen molar-refractivity contribution < 1.29 is 4.79 Å². The highest BCUT2D eigenvalue weighted by Gasteiger charge is 2.33. The van der Waals surface area contributed by atoms with E-state index in [2.05, 4.69) is 15.4 Å². The van der Waals surface area contributed by atoms with Gasteiger partial charge in [0.25, 0.3) is 5.91 Å². The topological polar surface area (TPSA) is 59.8 Å². The average molecular weight is 353 g/mol. The zero-order valence-corrected chi connectivity index (χ0v) is 14.2. The van der Waals surface area contributed by atoms with Crippen LogP contribution in [0.2, 0.25) is 5.02 Å². The summed E-state index contributed by atoms with van der Waals surface area (Å²) in [7, 11) is 0. The number of nitrogens with zero attached hydrogens (tertiary/aromatic N) is 3. The Morgan fingerprint density at radius 2 is 1.84 bits per heavy atom. The van der Waals surface area contributed by atoms with Crippen LogP contribution in [0, 0.1) is 5.92 Å². The van der Waals surface area contributed by atoms with Crippen molar-refractivity contribution >= 4 is 17.5 Å². The fraction of sp³-hybridized carbons (Fsp3) is 0.211. The summed E-state index contributed by atoms with van der Waals surface area (Å²) in [4.78, 5) is 16.6. The van der Waals surface area contributed by atoms with Crippen molar-refractivity contribution in [1.29, 1.82) is 0 Å². The van der Waals surface area contributed by atoms with Crippen LogP contribution in [0.15, 0.2) is 61.2 Å². The lowest BCUT2D eigenvalue weighted by molar-refractivity contribution is 0.0931. The normalized spacial score (nSPS) is 14.9. The maximum atomic E-state index is 12.7. The molecule has 4 rings (SSSR count). The molecule has 1 saturated carbocycles. The molecule has 25 heavy (non-hydrogen) atoms. The second-order valence-electron chi connectivity index (χ2n) is 6.23. The predicted molar refractivity (Wildman–Crippen MR) is 95.7 cm³/mol. The number of hydrogen-bond acceptors (Lipinski definition) is 3. The Bertz CT molecular complexity index is 855. The number of halogens is 1. The Labute approximate surface area is 150 Å². The first-order valence-corrected chi connectivity index (χ1v) is 8.60. The predicted octanol–water partition coefficient (Wildman–Crippen LogP) is 3.80. The first-order valence-electron chi connectivity index (χ1n) is 8.22. The summed E-state index contributed by atoms with van der Waals surface area (Å²) >= 11 is 5.97. The van der Waals surface area contributed by atoms with E-state index in [-0.39, 0.29) is 11.9 Å². The molecule has 1 atom stereocenters. The molecule has 0 radical (unpaired) electrons. The van der Waals surface area contributed by atoms with E-state index in [1.807, 2.05) is 36.4 Å². The van der Waals surface area contributed by atoms with Crippen molar-refractivity contribution in [3.8, 4) is 5.69 Å². The Balaban J connectivity index is 1.50. The Kier molecular flexibility index (Phi) is 4.24. The lowest BCUT2D eigenvalue weighted by atomic mass is 10.0. The second-order valence-corrected chi connectivity index (χ2v) is 6.66. The van der Waals surface area contributed by atoms with E-state index >= 15 is 0 Å². The highest BCUT2D eigenvalue weighted by atomic mass is 35.5. The standard InChI is InChI=1S/C19H17ClN4O/c20-16-7-3-14(4-8-16)18(13-1-2-13)23-19(25)15-5-9-17(10-6-15)24-12-21-11-22-24/h3-13,18H,1-2H2,(H,23,25). The quantitative estimate of drug-likeness (QED) is 0.759. The van der Waals surface area contributed by atoms with Gasteiger partial charge in [-0.05, 0) is 60.7 Å². The largest absolute Gasteiger partial charge is 0.345 e. The van der Waals surface area contributed by atoms with Gasteiger partial charge in [0, 0.05) is 10.6 Å². The fourth-order valence-electron chi connectivity index (χ4n) is 2.90. The summed E-state index contributed by atoms with van der Waals surface area (Å²) in [6.07, 6.45) is 5.38. The average Bonchev–Trinajstić information content (AvgIpc) is 3.33. The van der Waals surface area contributed by atoms with E-state index in [9.17, 15) is 4.79 Å². The zero-order chi connectivity index (χ0) is 17.2. The number of benzene rings is 2. The van der Waals surface area contributed by atoms with E-state index in [1.54, 1.807) is 23.1 Å². The number of nitrogens with one attached hydrogen (secondary N) is 1. The van der Waals surface area contributed by atoms with Gasteiger partial charge in [0.15, 0.2) is 0 Å². The number of carbonyl (C=O) groups excluding carboxylic acids is 1. The van der Waals surface area contributed by atoms with Crippen LogP contribution in [0.1, 0.15) is 34.8 Å². The molecular weight excluding hydrogens is 336 g/mol. The summed E-state index contributed by atoms with van der Waals surface area (Å²) in [5.74, 6) is 0.427. The summed E-state index contributed by atoms with van der Waals surface area (Å²) in [5, 5.41) is 7.95. The van der Waals surface area contributed by atoms with Crippen molar-refractivity contribution in [3.63, 3.8) is 0 Å².